The van der Waals surface area contributed by atoms with E-state index >= 15 is 0 Å². The van der Waals surface area contributed by atoms with E-state index in [9.17, 15) is 4.79 Å². The number of piperidine rings is 1. The molecule has 1 heterocycles. The second-order valence-electron chi connectivity index (χ2n) is 7.63. The van der Waals surface area contributed by atoms with Crippen LogP contribution in [0.2, 0.25) is 0 Å². The Balaban J connectivity index is 1.87. The number of hydrogen-bond donors (Lipinski definition) is 1. The topological polar surface area (TPSA) is 50.8 Å². The molecule has 0 bridgehead atoms. The van der Waals surface area contributed by atoms with Gasteiger partial charge in [0.15, 0.2) is 0 Å². The monoisotopic (exact) mass is 312 g/mol. The van der Waals surface area contributed by atoms with Gasteiger partial charge in [-0.1, -0.05) is 0 Å². The minimum absolute atomic E-state index is 0.172. The number of ether oxygens (including phenoxy) is 2. The molecule has 2 aliphatic rings. The van der Waals surface area contributed by atoms with Crippen molar-refractivity contribution < 1.29 is 14.3 Å². The average molecular weight is 312 g/mol. The molecule has 5 heteroatoms. The summed E-state index contributed by atoms with van der Waals surface area (Å²) in [6.45, 7) is 8.16. The number of methoxy groups -OCH3 is 1. The van der Waals surface area contributed by atoms with Gasteiger partial charge in [-0.25, -0.2) is 4.79 Å². The van der Waals surface area contributed by atoms with Gasteiger partial charge >= 0.3 is 6.09 Å². The van der Waals surface area contributed by atoms with Crippen molar-refractivity contribution >= 4 is 6.09 Å². The summed E-state index contributed by atoms with van der Waals surface area (Å²) in [5.41, 5.74) is -0.431. The van der Waals surface area contributed by atoms with Crippen LogP contribution in [0.4, 0.5) is 4.79 Å². The Labute approximate surface area is 134 Å². The Bertz CT molecular complexity index is 363. The average Bonchev–Trinajstić information content (AvgIpc) is 3.26. The van der Waals surface area contributed by atoms with Gasteiger partial charge in [0.1, 0.15) is 5.60 Å². The molecule has 2 rings (SSSR count). The first kappa shape index (κ1) is 17.5. The lowest BCUT2D eigenvalue weighted by Crippen LogP contribution is -2.52. The van der Waals surface area contributed by atoms with Gasteiger partial charge in [-0.15, -0.1) is 0 Å². The number of hydrogen-bond acceptors (Lipinski definition) is 4. The van der Waals surface area contributed by atoms with Crippen LogP contribution >= 0.6 is 0 Å². The summed E-state index contributed by atoms with van der Waals surface area (Å²) in [7, 11) is 1.75. The second kappa shape index (κ2) is 7.64. The highest BCUT2D eigenvalue weighted by Gasteiger charge is 2.34. The molecule has 5 nitrogen and oxygen atoms in total. The molecule has 1 aliphatic carbocycles. The van der Waals surface area contributed by atoms with E-state index in [0.29, 0.717) is 6.04 Å². The largest absolute Gasteiger partial charge is 0.444 e. The van der Waals surface area contributed by atoms with Crippen LogP contribution in [0.3, 0.4) is 0 Å². The van der Waals surface area contributed by atoms with Gasteiger partial charge < -0.3 is 19.7 Å². The van der Waals surface area contributed by atoms with Gasteiger partial charge in [-0.3, -0.25) is 0 Å². The molecule has 1 aliphatic heterocycles. The summed E-state index contributed by atoms with van der Waals surface area (Å²) < 4.78 is 10.9. The van der Waals surface area contributed by atoms with Gasteiger partial charge in [-0.2, -0.15) is 0 Å². The molecule has 1 N–H and O–H groups in total. The van der Waals surface area contributed by atoms with E-state index in [1.165, 1.54) is 19.3 Å². The Morgan fingerprint density at radius 1 is 1.27 bits per heavy atom. The van der Waals surface area contributed by atoms with Crippen LogP contribution in [0.1, 0.15) is 52.9 Å². The quantitative estimate of drug-likeness (QED) is 0.819. The Hall–Kier alpha value is -0.810. The number of amides is 1. The third-order valence-corrected chi connectivity index (χ3v) is 4.41. The summed E-state index contributed by atoms with van der Waals surface area (Å²) in [5.74, 6) is 0.749. The lowest BCUT2D eigenvalue weighted by atomic mass is 10.0. The Kier molecular flexibility index (Phi) is 6.09. The Morgan fingerprint density at radius 3 is 2.59 bits per heavy atom. The zero-order chi connectivity index (χ0) is 16.2. The predicted octanol–water partition coefficient (Wildman–Crippen LogP) is 2.79. The molecule has 1 saturated carbocycles. The molecule has 22 heavy (non-hydrogen) atoms. The molecule has 2 unspecified atom stereocenters. The zero-order valence-corrected chi connectivity index (χ0v) is 14.6. The van der Waals surface area contributed by atoms with Crippen molar-refractivity contribution in [3.8, 4) is 0 Å². The van der Waals surface area contributed by atoms with E-state index < -0.39 is 5.60 Å². The highest BCUT2D eigenvalue weighted by molar-refractivity contribution is 5.68. The number of nitrogens with one attached hydrogen (secondary N) is 1. The van der Waals surface area contributed by atoms with Crippen LogP contribution in [0.15, 0.2) is 0 Å². The number of rotatable bonds is 6. The maximum atomic E-state index is 12.4. The van der Waals surface area contributed by atoms with Gasteiger partial charge in [0, 0.05) is 32.3 Å². The first-order chi connectivity index (χ1) is 10.4. The minimum atomic E-state index is -0.431. The molecule has 0 aromatic carbocycles. The molecule has 2 fully saturated rings. The van der Waals surface area contributed by atoms with Crippen LogP contribution in [-0.2, 0) is 9.47 Å². The number of carbonyl (C=O) groups is 1. The standard InChI is InChI=1S/C17H32N2O3/c1-17(2,3)22-16(20)19-10-6-5-7-14(19)11-18-15(12-21-4)13-8-9-13/h13-15,18H,5-12H2,1-4H3. The summed E-state index contributed by atoms with van der Waals surface area (Å²) >= 11 is 0. The molecule has 0 radical (unpaired) electrons. The minimum Gasteiger partial charge on any atom is -0.444 e. The van der Waals surface area contributed by atoms with Gasteiger partial charge in [0.25, 0.3) is 0 Å². The van der Waals surface area contributed by atoms with E-state index in [-0.39, 0.29) is 12.1 Å². The van der Waals surface area contributed by atoms with Crippen LogP contribution < -0.4 is 5.32 Å². The summed E-state index contributed by atoms with van der Waals surface area (Å²) in [5, 5.41) is 3.63. The van der Waals surface area contributed by atoms with Crippen molar-refractivity contribution in [3.05, 3.63) is 0 Å². The third kappa shape index (κ3) is 5.43. The fourth-order valence-corrected chi connectivity index (χ4v) is 3.10. The lowest BCUT2D eigenvalue weighted by Gasteiger charge is -2.37. The maximum Gasteiger partial charge on any atom is 0.410 e. The van der Waals surface area contributed by atoms with Crippen LogP contribution in [0.25, 0.3) is 0 Å². The number of nitrogens with zero attached hydrogens (tertiary/aromatic N) is 1. The van der Waals surface area contributed by atoms with Gasteiger partial charge in [0.05, 0.1) is 6.61 Å². The molecule has 2 atom stereocenters. The SMILES string of the molecule is COCC(NCC1CCCCN1C(=O)OC(C)(C)C)C1CC1. The van der Waals surface area contributed by atoms with Crippen molar-refractivity contribution in [2.24, 2.45) is 5.92 Å². The van der Waals surface area contributed by atoms with Gasteiger partial charge in [0.2, 0.25) is 0 Å². The fourth-order valence-electron chi connectivity index (χ4n) is 3.10. The van der Waals surface area contributed by atoms with Gasteiger partial charge in [-0.05, 0) is 58.8 Å². The number of carbonyl (C=O) groups excluding carboxylic acids is 1. The van der Waals surface area contributed by atoms with E-state index in [1.807, 2.05) is 25.7 Å². The van der Waals surface area contributed by atoms with E-state index in [0.717, 1.165) is 38.5 Å². The van der Waals surface area contributed by atoms with E-state index in [1.54, 1.807) is 7.11 Å². The second-order valence-corrected chi connectivity index (χ2v) is 7.63. The highest BCUT2D eigenvalue weighted by atomic mass is 16.6. The molecule has 1 saturated heterocycles. The summed E-state index contributed by atoms with van der Waals surface area (Å²) in [6.07, 6.45) is 5.72. The molecule has 0 aromatic heterocycles. The fraction of sp³-hybridized carbons (Fsp3) is 0.941. The molecule has 0 spiro atoms. The van der Waals surface area contributed by atoms with Crippen molar-refractivity contribution in [1.82, 2.24) is 10.2 Å². The summed E-state index contributed by atoms with van der Waals surface area (Å²) in [4.78, 5) is 14.3. The first-order valence-corrected chi connectivity index (χ1v) is 8.62. The molecular formula is C17H32N2O3. The van der Waals surface area contributed by atoms with Crippen molar-refractivity contribution in [2.45, 2.75) is 70.6 Å². The molecular weight excluding hydrogens is 280 g/mol. The molecule has 0 aromatic rings. The molecule has 128 valence electrons. The smallest absolute Gasteiger partial charge is 0.410 e. The van der Waals surface area contributed by atoms with Crippen LogP contribution in [0.5, 0.6) is 0 Å². The molecule has 1 amide bonds. The zero-order valence-electron chi connectivity index (χ0n) is 14.6. The third-order valence-electron chi connectivity index (χ3n) is 4.41. The normalized spacial score (nSPS) is 24.2. The van der Waals surface area contributed by atoms with Crippen molar-refractivity contribution in [1.29, 1.82) is 0 Å². The highest BCUT2D eigenvalue weighted by Crippen LogP contribution is 2.33. The Morgan fingerprint density at radius 2 is 2.00 bits per heavy atom. The lowest BCUT2D eigenvalue weighted by molar-refractivity contribution is 0.00920. The van der Waals surface area contributed by atoms with Crippen LogP contribution in [-0.4, -0.2) is 55.5 Å². The predicted molar refractivity (Wildman–Crippen MR) is 87.0 cm³/mol. The first-order valence-electron chi connectivity index (χ1n) is 8.62. The van der Waals surface area contributed by atoms with E-state index in [4.69, 9.17) is 9.47 Å². The summed E-state index contributed by atoms with van der Waals surface area (Å²) in [6, 6.07) is 0.661. The van der Waals surface area contributed by atoms with Crippen molar-refractivity contribution in [3.63, 3.8) is 0 Å². The maximum absolute atomic E-state index is 12.4. The van der Waals surface area contributed by atoms with Crippen molar-refractivity contribution in [2.75, 3.05) is 26.8 Å². The number of likely N-dealkylation sites (tertiary alicyclic amines) is 1. The van der Waals surface area contributed by atoms with E-state index in [2.05, 4.69) is 5.32 Å². The van der Waals surface area contributed by atoms with Crippen LogP contribution in [0, 0.1) is 5.92 Å².